The summed E-state index contributed by atoms with van der Waals surface area (Å²) in [6, 6.07) is 8.25. The Morgan fingerprint density at radius 1 is 1.10 bits per heavy atom. The van der Waals surface area contributed by atoms with Gasteiger partial charge in [0.05, 0.1) is 19.8 Å². The highest BCUT2D eigenvalue weighted by Gasteiger charge is 2.29. The fourth-order valence-corrected chi connectivity index (χ4v) is 4.37. The first-order chi connectivity index (χ1) is 14.6. The van der Waals surface area contributed by atoms with Crippen molar-refractivity contribution in [2.24, 2.45) is 0 Å². The highest BCUT2D eigenvalue weighted by Crippen LogP contribution is 2.29. The van der Waals surface area contributed by atoms with Gasteiger partial charge < -0.3 is 20.1 Å². The number of ether oxygens (including phenoxy) is 2. The summed E-state index contributed by atoms with van der Waals surface area (Å²) in [5.41, 5.74) is 0.919. The number of nitrogens with one attached hydrogen (secondary N) is 2. The van der Waals surface area contributed by atoms with E-state index >= 15 is 0 Å². The van der Waals surface area contributed by atoms with Crippen LogP contribution in [0.4, 0.5) is 4.79 Å². The Bertz CT molecular complexity index is 1080. The molecule has 0 saturated carbocycles. The maximum atomic E-state index is 12.7. The van der Waals surface area contributed by atoms with E-state index in [2.05, 4.69) is 23.4 Å². The van der Waals surface area contributed by atoms with Crippen molar-refractivity contribution in [3.63, 3.8) is 0 Å². The van der Waals surface area contributed by atoms with E-state index < -0.39 is 16.1 Å². The molecule has 9 nitrogen and oxygen atoms in total. The van der Waals surface area contributed by atoms with Gasteiger partial charge in [-0.25, -0.2) is 4.79 Å². The molecular formula is C19H22ClN3O6S2. The van der Waals surface area contributed by atoms with Crippen LogP contribution in [0.15, 0.2) is 41.3 Å². The molecule has 0 saturated heterocycles. The van der Waals surface area contributed by atoms with E-state index in [9.17, 15) is 18.0 Å². The molecule has 0 heterocycles. The maximum absolute atomic E-state index is 12.7. The van der Waals surface area contributed by atoms with Crippen LogP contribution in [0.1, 0.15) is 15.9 Å². The number of carbonyl (C=O) groups excluding carboxylic acids is 2. The average molecular weight is 488 g/mol. The molecule has 3 amide bonds. The molecular weight excluding hydrogens is 466 g/mol. The number of amides is 3. The van der Waals surface area contributed by atoms with E-state index in [1.165, 1.54) is 39.5 Å². The minimum atomic E-state index is -4.27. The monoisotopic (exact) mass is 487 g/mol. The van der Waals surface area contributed by atoms with E-state index in [1.54, 1.807) is 18.2 Å². The van der Waals surface area contributed by atoms with Crippen LogP contribution in [0.25, 0.3) is 0 Å². The zero-order chi connectivity index (χ0) is 23.2. The van der Waals surface area contributed by atoms with Gasteiger partial charge in [-0.05, 0) is 55.1 Å². The van der Waals surface area contributed by atoms with Gasteiger partial charge in [-0.15, -0.1) is 0 Å². The zero-order valence-corrected chi connectivity index (χ0v) is 19.5. The molecule has 0 atom stereocenters. The van der Waals surface area contributed by atoms with E-state index in [0.29, 0.717) is 32.0 Å². The lowest BCUT2D eigenvalue weighted by Crippen LogP contribution is -2.35. The van der Waals surface area contributed by atoms with Gasteiger partial charge in [0.2, 0.25) is 0 Å². The average Bonchev–Trinajstić information content (AvgIpc) is 2.77. The first kappa shape index (κ1) is 24.6. The second-order valence-electron chi connectivity index (χ2n) is 6.14. The number of methoxy groups -OCH3 is 2. The number of hydrogen-bond acceptors (Lipinski definition) is 7. The number of carbonyl (C=O) groups is 2. The third-order valence-corrected chi connectivity index (χ3v) is 6.79. The molecule has 2 aromatic carbocycles. The Labute approximate surface area is 191 Å². The Morgan fingerprint density at radius 3 is 2.39 bits per heavy atom. The summed E-state index contributed by atoms with van der Waals surface area (Å²) in [6.07, 6.45) is 0.320. The third kappa shape index (κ3) is 5.75. The number of thiol groups is 1. The van der Waals surface area contributed by atoms with Gasteiger partial charge in [-0.2, -0.15) is 12.1 Å². The van der Waals surface area contributed by atoms with Gasteiger partial charge in [0.1, 0.15) is 16.4 Å². The van der Waals surface area contributed by atoms with E-state index in [0.717, 1.165) is 0 Å². The molecule has 0 spiro atoms. The standard InChI is InChI=1S/C19H22ClN3O6S2/c1-21-19(25)23(30)31(26,27)17-10-12(4-7-15(17)28-2)8-9-22-18(24)14-6-5-13(20)11-16(14)29-3/h4-7,10-11,30H,8-9H2,1-3H3,(H,21,25)(H,22,24). The number of benzene rings is 2. The molecule has 2 N–H and O–H groups in total. The van der Waals surface area contributed by atoms with Crippen molar-refractivity contribution in [3.05, 3.63) is 52.5 Å². The normalized spacial score (nSPS) is 10.9. The van der Waals surface area contributed by atoms with Crippen molar-refractivity contribution in [2.45, 2.75) is 11.3 Å². The molecule has 0 unspecified atom stereocenters. The lowest BCUT2D eigenvalue weighted by Gasteiger charge is -2.18. The molecule has 2 aromatic rings. The lowest BCUT2D eigenvalue weighted by molar-refractivity contribution is 0.0951. The van der Waals surface area contributed by atoms with Gasteiger partial charge in [-0.3, -0.25) is 4.79 Å². The van der Waals surface area contributed by atoms with Crippen molar-refractivity contribution in [1.82, 2.24) is 14.3 Å². The second kappa shape index (κ2) is 10.6. The number of nitrogens with zero attached hydrogens (tertiary/aromatic N) is 1. The topological polar surface area (TPSA) is 114 Å². The molecule has 0 fully saturated rings. The first-order valence-electron chi connectivity index (χ1n) is 8.90. The third-order valence-electron chi connectivity index (χ3n) is 4.23. The molecule has 0 radical (unpaired) electrons. The molecule has 0 aliphatic rings. The van der Waals surface area contributed by atoms with Gasteiger partial charge in [0.15, 0.2) is 0 Å². The van der Waals surface area contributed by atoms with Gasteiger partial charge in [0.25, 0.3) is 15.9 Å². The fourth-order valence-electron chi connectivity index (χ4n) is 2.64. The van der Waals surface area contributed by atoms with Crippen molar-refractivity contribution in [3.8, 4) is 11.5 Å². The van der Waals surface area contributed by atoms with Crippen LogP contribution in [0, 0.1) is 0 Å². The molecule has 12 heteroatoms. The first-order valence-corrected chi connectivity index (χ1v) is 11.1. The SMILES string of the molecule is CNC(=O)N(S)S(=O)(=O)c1cc(CCNC(=O)c2ccc(Cl)cc2OC)ccc1OC. The summed E-state index contributed by atoms with van der Waals surface area (Å²) in [5.74, 6) is 0.0311. The summed E-state index contributed by atoms with van der Waals surface area (Å²) in [4.78, 5) is 23.9. The predicted octanol–water partition coefficient (Wildman–Crippen LogP) is 2.50. The van der Waals surface area contributed by atoms with Gasteiger partial charge >= 0.3 is 6.03 Å². The van der Waals surface area contributed by atoms with Crippen molar-refractivity contribution >= 4 is 46.4 Å². The minimum Gasteiger partial charge on any atom is -0.496 e. The van der Waals surface area contributed by atoms with E-state index in [-0.39, 0.29) is 23.1 Å². The number of halogens is 1. The van der Waals surface area contributed by atoms with Gasteiger partial charge in [-0.1, -0.05) is 17.7 Å². The summed E-state index contributed by atoms with van der Waals surface area (Å²) < 4.78 is 36.1. The Balaban J connectivity index is 2.18. The van der Waals surface area contributed by atoms with Crippen molar-refractivity contribution in [2.75, 3.05) is 27.8 Å². The fraction of sp³-hybridized carbons (Fsp3) is 0.263. The van der Waals surface area contributed by atoms with Crippen LogP contribution in [0.3, 0.4) is 0 Å². The molecule has 31 heavy (non-hydrogen) atoms. The number of sulfonamides is 1. The Morgan fingerprint density at radius 2 is 1.77 bits per heavy atom. The molecule has 0 aliphatic heterocycles. The Hall–Kier alpha value is -2.63. The molecule has 0 aliphatic carbocycles. The summed E-state index contributed by atoms with van der Waals surface area (Å²) in [6.45, 7) is 0.219. The minimum absolute atomic E-state index is 0.0571. The molecule has 168 valence electrons. The van der Waals surface area contributed by atoms with Crippen molar-refractivity contribution in [1.29, 1.82) is 0 Å². The largest absolute Gasteiger partial charge is 0.496 e. The predicted molar refractivity (Wildman–Crippen MR) is 120 cm³/mol. The summed E-state index contributed by atoms with van der Waals surface area (Å²) >= 11 is 9.69. The maximum Gasteiger partial charge on any atom is 0.341 e. The van der Waals surface area contributed by atoms with Gasteiger partial charge in [0, 0.05) is 18.6 Å². The summed E-state index contributed by atoms with van der Waals surface area (Å²) in [7, 11) is -0.232. The van der Waals surface area contributed by atoms with Crippen LogP contribution in [0.5, 0.6) is 11.5 Å². The second-order valence-corrected chi connectivity index (χ2v) is 9.00. The molecule has 0 bridgehead atoms. The zero-order valence-electron chi connectivity index (χ0n) is 17.0. The van der Waals surface area contributed by atoms with Crippen molar-refractivity contribution < 1.29 is 27.5 Å². The number of rotatable bonds is 8. The quantitative estimate of drug-likeness (QED) is 0.493. The molecule has 0 aromatic heterocycles. The van der Waals surface area contributed by atoms with Crippen LogP contribution in [0.2, 0.25) is 5.02 Å². The summed E-state index contributed by atoms with van der Waals surface area (Å²) in [5, 5.41) is 5.38. The number of urea groups is 1. The number of hydrogen-bond donors (Lipinski definition) is 3. The molecule has 2 rings (SSSR count). The van der Waals surface area contributed by atoms with Crippen LogP contribution >= 0.6 is 24.4 Å². The highest BCUT2D eigenvalue weighted by molar-refractivity contribution is 8.00. The van der Waals surface area contributed by atoms with Crippen LogP contribution in [-0.2, 0) is 16.4 Å². The Kier molecular flexibility index (Phi) is 8.43. The van der Waals surface area contributed by atoms with E-state index in [1.807, 2.05) is 0 Å². The van der Waals surface area contributed by atoms with Crippen LogP contribution in [-0.4, -0.2) is 51.9 Å². The highest BCUT2D eigenvalue weighted by atomic mass is 35.5. The van der Waals surface area contributed by atoms with Crippen LogP contribution < -0.4 is 20.1 Å². The smallest absolute Gasteiger partial charge is 0.341 e. The lowest BCUT2D eigenvalue weighted by atomic mass is 10.1. The van der Waals surface area contributed by atoms with E-state index in [4.69, 9.17) is 21.1 Å².